The Balaban J connectivity index is 2.33. The Hall–Kier alpha value is -2.22. The maximum Gasteiger partial charge on any atom is 0.263 e. The summed E-state index contributed by atoms with van der Waals surface area (Å²) in [6.45, 7) is 0. The fraction of sp³-hybridized carbons (Fsp3) is 0. The van der Waals surface area contributed by atoms with Crippen molar-refractivity contribution < 1.29 is 17.2 Å². The Morgan fingerprint density at radius 3 is 2.37 bits per heavy atom. The molecule has 1 heterocycles. The minimum absolute atomic E-state index is 0.120. The lowest BCUT2D eigenvalue weighted by molar-refractivity contribution is 0.509. The minimum Gasteiger partial charge on any atom is -0.328 e. The van der Waals surface area contributed by atoms with Crippen molar-refractivity contribution in [3.8, 4) is 0 Å². The van der Waals surface area contributed by atoms with Gasteiger partial charge in [-0.15, -0.1) is 0 Å². The summed E-state index contributed by atoms with van der Waals surface area (Å²) in [6.07, 6.45) is 1.00. The first-order valence-corrected chi connectivity index (χ1v) is 6.53. The van der Waals surface area contributed by atoms with Gasteiger partial charge in [0, 0.05) is 18.3 Å². The summed E-state index contributed by atoms with van der Waals surface area (Å²) in [5.41, 5.74) is -0.572. The zero-order chi connectivity index (χ0) is 14.0. The molecule has 1 aromatic carbocycles. The molecule has 0 radical (unpaired) electrons. The summed E-state index contributed by atoms with van der Waals surface area (Å²) in [6, 6.07) is 4.75. The first kappa shape index (κ1) is 13.2. The van der Waals surface area contributed by atoms with E-state index in [1.54, 1.807) is 0 Å². The molecule has 0 aliphatic carbocycles. The van der Waals surface area contributed by atoms with E-state index >= 15 is 0 Å². The van der Waals surface area contributed by atoms with Gasteiger partial charge in [-0.25, -0.2) is 17.2 Å². The first-order valence-electron chi connectivity index (χ1n) is 5.05. The zero-order valence-electron chi connectivity index (χ0n) is 9.35. The van der Waals surface area contributed by atoms with Crippen molar-refractivity contribution in [3.63, 3.8) is 0 Å². The Labute approximate surface area is 107 Å². The molecule has 0 bridgehead atoms. The number of aromatic nitrogens is 1. The number of aromatic amines is 1. The number of nitrogens with one attached hydrogen (secondary N) is 2. The van der Waals surface area contributed by atoms with E-state index in [0.29, 0.717) is 0 Å². The number of halogens is 2. The molecule has 0 aliphatic heterocycles. The number of hydrogen-bond acceptors (Lipinski definition) is 3. The molecular formula is C11H8F2N2O3S. The molecule has 0 aliphatic rings. The summed E-state index contributed by atoms with van der Waals surface area (Å²) in [5, 5.41) is 0. The molecule has 2 aromatic rings. The Kier molecular flexibility index (Phi) is 3.34. The molecule has 0 amide bonds. The van der Waals surface area contributed by atoms with E-state index in [1.165, 1.54) is 0 Å². The Morgan fingerprint density at radius 1 is 1.05 bits per heavy atom. The topological polar surface area (TPSA) is 79.0 Å². The van der Waals surface area contributed by atoms with Crippen molar-refractivity contribution in [3.05, 3.63) is 58.5 Å². The normalized spacial score (nSPS) is 11.3. The molecule has 0 saturated heterocycles. The molecule has 5 nitrogen and oxygen atoms in total. The first-order chi connectivity index (χ1) is 8.88. The predicted octanol–water partition coefficient (Wildman–Crippen LogP) is 1.45. The van der Waals surface area contributed by atoms with Gasteiger partial charge in [0.25, 0.3) is 10.0 Å². The SMILES string of the molecule is O=c1ccc(S(=O)(=O)Nc2ccc(F)c(F)c2)c[nH]1. The lowest BCUT2D eigenvalue weighted by atomic mass is 10.3. The number of sulfonamides is 1. The third kappa shape index (κ3) is 2.97. The highest BCUT2D eigenvalue weighted by atomic mass is 32.2. The highest BCUT2D eigenvalue weighted by Gasteiger charge is 2.15. The number of hydrogen-bond donors (Lipinski definition) is 2. The molecule has 2 N–H and O–H groups in total. The number of anilines is 1. The maximum absolute atomic E-state index is 13.0. The van der Waals surface area contributed by atoms with Gasteiger partial charge in [0.15, 0.2) is 11.6 Å². The van der Waals surface area contributed by atoms with Crippen molar-refractivity contribution in [1.29, 1.82) is 0 Å². The zero-order valence-corrected chi connectivity index (χ0v) is 10.2. The highest BCUT2D eigenvalue weighted by Crippen LogP contribution is 2.17. The van der Waals surface area contributed by atoms with Crippen molar-refractivity contribution in [1.82, 2.24) is 4.98 Å². The van der Waals surface area contributed by atoms with E-state index < -0.39 is 27.2 Å². The van der Waals surface area contributed by atoms with Gasteiger partial charge in [0.05, 0.1) is 5.69 Å². The summed E-state index contributed by atoms with van der Waals surface area (Å²) in [5.74, 6) is -2.24. The molecule has 19 heavy (non-hydrogen) atoms. The number of rotatable bonds is 3. The van der Waals surface area contributed by atoms with Crippen LogP contribution >= 0.6 is 0 Å². The van der Waals surface area contributed by atoms with Crippen LogP contribution in [0.5, 0.6) is 0 Å². The summed E-state index contributed by atoms with van der Waals surface area (Å²) in [4.78, 5) is 12.8. The third-order valence-corrected chi connectivity index (χ3v) is 3.62. The molecule has 2 rings (SSSR count). The van der Waals surface area contributed by atoms with Crippen LogP contribution in [0.3, 0.4) is 0 Å². The average Bonchev–Trinajstić information content (AvgIpc) is 2.34. The molecule has 0 saturated carbocycles. The molecule has 0 spiro atoms. The van der Waals surface area contributed by atoms with Gasteiger partial charge in [0.1, 0.15) is 4.90 Å². The molecule has 0 unspecified atom stereocenters. The van der Waals surface area contributed by atoms with E-state index in [2.05, 4.69) is 9.71 Å². The van der Waals surface area contributed by atoms with E-state index in [4.69, 9.17) is 0 Å². The number of pyridine rings is 1. The van der Waals surface area contributed by atoms with Crippen LogP contribution in [0.15, 0.2) is 46.2 Å². The van der Waals surface area contributed by atoms with Crippen LogP contribution in [0, 0.1) is 11.6 Å². The largest absolute Gasteiger partial charge is 0.328 e. The number of benzene rings is 1. The predicted molar refractivity (Wildman–Crippen MR) is 64.2 cm³/mol. The quantitative estimate of drug-likeness (QED) is 0.896. The maximum atomic E-state index is 13.0. The van der Waals surface area contributed by atoms with Gasteiger partial charge in [-0.2, -0.15) is 0 Å². The van der Waals surface area contributed by atoms with Crippen LogP contribution in [0.1, 0.15) is 0 Å². The molecule has 8 heteroatoms. The third-order valence-electron chi connectivity index (χ3n) is 2.24. The standard InChI is InChI=1S/C11H8F2N2O3S/c12-9-3-1-7(5-10(9)13)15-19(17,18)8-2-4-11(16)14-6-8/h1-6,15H,(H,14,16). The molecule has 0 fully saturated rings. The average molecular weight is 286 g/mol. The van der Waals surface area contributed by atoms with E-state index in [1.807, 2.05) is 0 Å². The monoisotopic (exact) mass is 286 g/mol. The van der Waals surface area contributed by atoms with Crippen LogP contribution in [-0.2, 0) is 10.0 Å². The van der Waals surface area contributed by atoms with Gasteiger partial charge in [-0.05, 0) is 18.2 Å². The van der Waals surface area contributed by atoms with Crippen molar-refractivity contribution in [2.45, 2.75) is 4.90 Å². The fourth-order valence-corrected chi connectivity index (χ4v) is 2.35. The molecule has 0 atom stereocenters. The summed E-state index contributed by atoms with van der Waals surface area (Å²) < 4.78 is 51.4. The van der Waals surface area contributed by atoms with Gasteiger partial charge < -0.3 is 4.98 Å². The second-order valence-electron chi connectivity index (χ2n) is 3.62. The number of H-pyrrole nitrogens is 1. The second-order valence-corrected chi connectivity index (χ2v) is 5.31. The van der Waals surface area contributed by atoms with E-state index in [0.717, 1.165) is 36.5 Å². The van der Waals surface area contributed by atoms with Crippen molar-refractivity contribution in [2.75, 3.05) is 4.72 Å². The van der Waals surface area contributed by atoms with Crippen LogP contribution in [0.2, 0.25) is 0 Å². The summed E-state index contributed by atoms with van der Waals surface area (Å²) in [7, 11) is -3.97. The van der Waals surface area contributed by atoms with Crippen molar-refractivity contribution >= 4 is 15.7 Å². The van der Waals surface area contributed by atoms with Gasteiger partial charge in [-0.1, -0.05) is 0 Å². The molecular weight excluding hydrogens is 278 g/mol. The second kappa shape index (κ2) is 4.81. The van der Waals surface area contributed by atoms with Crippen LogP contribution < -0.4 is 10.3 Å². The van der Waals surface area contributed by atoms with Crippen molar-refractivity contribution in [2.24, 2.45) is 0 Å². The van der Waals surface area contributed by atoms with Crippen LogP contribution in [-0.4, -0.2) is 13.4 Å². The fourth-order valence-electron chi connectivity index (χ4n) is 1.34. The lowest BCUT2D eigenvalue weighted by Crippen LogP contribution is -2.15. The lowest BCUT2D eigenvalue weighted by Gasteiger charge is -2.07. The smallest absolute Gasteiger partial charge is 0.263 e. The molecule has 1 aromatic heterocycles. The Bertz CT molecular complexity index is 751. The van der Waals surface area contributed by atoms with Gasteiger partial charge in [-0.3, -0.25) is 9.52 Å². The van der Waals surface area contributed by atoms with Gasteiger partial charge >= 0.3 is 0 Å². The highest BCUT2D eigenvalue weighted by molar-refractivity contribution is 7.92. The molecule has 100 valence electrons. The minimum atomic E-state index is -3.97. The van der Waals surface area contributed by atoms with E-state index in [-0.39, 0.29) is 10.6 Å². The van der Waals surface area contributed by atoms with Gasteiger partial charge in [0.2, 0.25) is 5.56 Å². The van der Waals surface area contributed by atoms with Crippen LogP contribution in [0.4, 0.5) is 14.5 Å². The summed E-state index contributed by atoms with van der Waals surface area (Å²) >= 11 is 0. The Morgan fingerprint density at radius 2 is 1.79 bits per heavy atom. The van der Waals surface area contributed by atoms with E-state index in [9.17, 15) is 22.0 Å². The van der Waals surface area contributed by atoms with Crippen LogP contribution in [0.25, 0.3) is 0 Å².